The predicted octanol–water partition coefficient (Wildman–Crippen LogP) is 4.83. The van der Waals surface area contributed by atoms with Crippen LogP contribution in [0.1, 0.15) is 17.7 Å². The Morgan fingerprint density at radius 2 is 1.93 bits per heavy atom. The van der Waals surface area contributed by atoms with Gasteiger partial charge in [-0.05, 0) is 30.7 Å². The number of fused-ring (bicyclic) bond motifs is 1. The van der Waals surface area contributed by atoms with E-state index in [4.69, 9.17) is 21.1 Å². The molecule has 1 amide bonds. The van der Waals surface area contributed by atoms with E-state index in [9.17, 15) is 4.79 Å². The van der Waals surface area contributed by atoms with Crippen LogP contribution in [0.25, 0.3) is 11.3 Å². The van der Waals surface area contributed by atoms with Gasteiger partial charge in [-0.1, -0.05) is 35.0 Å². The topological polar surface area (TPSA) is 70.7 Å². The van der Waals surface area contributed by atoms with Gasteiger partial charge in [-0.2, -0.15) is 0 Å². The summed E-state index contributed by atoms with van der Waals surface area (Å²) in [6, 6.07) is 13.3. The lowest BCUT2D eigenvalue weighted by Crippen LogP contribution is -2.15. The molecule has 1 aromatic heterocycles. The van der Waals surface area contributed by atoms with Crippen molar-refractivity contribution in [2.45, 2.75) is 13.3 Å². The first-order valence-electron chi connectivity index (χ1n) is 8.83. The molecule has 142 valence electrons. The average molecular weight is 395 g/mol. The average Bonchev–Trinajstić information content (AvgIpc) is 3.01. The van der Waals surface area contributed by atoms with Gasteiger partial charge >= 0.3 is 0 Å². The molecule has 3 aromatic rings. The number of aromatic nitrogens is 1. The molecule has 2 heterocycles. The van der Waals surface area contributed by atoms with Crippen LogP contribution in [0.2, 0.25) is 5.02 Å². The molecule has 4 rings (SSSR count). The summed E-state index contributed by atoms with van der Waals surface area (Å²) >= 11 is 6.34. The molecular formula is C21H19ClN4O2. The van der Waals surface area contributed by atoms with Crippen LogP contribution in [0.3, 0.4) is 0 Å². The van der Waals surface area contributed by atoms with Crippen molar-refractivity contribution in [3.63, 3.8) is 0 Å². The summed E-state index contributed by atoms with van der Waals surface area (Å²) in [5, 5.41) is 7.39. The summed E-state index contributed by atoms with van der Waals surface area (Å²) in [4.78, 5) is 19.1. The minimum atomic E-state index is -0.132. The first-order chi connectivity index (χ1) is 13.4. The maximum atomic E-state index is 12.4. The monoisotopic (exact) mass is 394 g/mol. The van der Waals surface area contributed by atoms with Crippen molar-refractivity contribution in [1.82, 2.24) is 5.16 Å². The van der Waals surface area contributed by atoms with E-state index >= 15 is 0 Å². The molecule has 0 unspecified atom stereocenters. The largest absolute Gasteiger partial charge is 0.376 e. The molecule has 1 N–H and O–H groups in total. The minimum absolute atomic E-state index is 0.132. The highest BCUT2D eigenvalue weighted by Crippen LogP contribution is 2.38. The quantitative estimate of drug-likeness (QED) is 0.690. The van der Waals surface area contributed by atoms with Crippen molar-refractivity contribution in [1.29, 1.82) is 0 Å². The Morgan fingerprint density at radius 3 is 2.64 bits per heavy atom. The van der Waals surface area contributed by atoms with E-state index in [0.717, 1.165) is 22.5 Å². The van der Waals surface area contributed by atoms with Gasteiger partial charge in [0.2, 0.25) is 5.91 Å². The van der Waals surface area contributed by atoms with Crippen LogP contribution >= 0.6 is 11.6 Å². The highest BCUT2D eigenvalue weighted by molar-refractivity contribution is 6.34. The van der Waals surface area contributed by atoms with Gasteiger partial charge in [-0.25, -0.2) is 0 Å². The highest BCUT2D eigenvalue weighted by Gasteiger charge is 2.20. The Labute approximate surface area is 167 Å². The van der Waals surface area contributed by atoms with E-state index in [-0.39, 0.29) is 12.3 Å². The second-order valence-corrected chi connectivity index (χ2v) is 7.32. The number of hydrogen-bond donors (Lipinski definition) is 1. The smallest absolute Gasteiger partial charge is 0.230 e. The molecule has 0 radical (unpaired) electrons. The number of aliphatic imine (C=N–C) groups is 1. The lowest BCUT2D eigenvalue weighted by Gasteiger charge is -2.16. The molecule has 0 saturated heterocycles. The molecule has 2 aromatic carbocycles. The molecule has 6 nitrogen and oxygen atoms in total. The summed E-state index contributed by atoms with van der Waals surface area (Å²) in [6.07, 6.45) is 0.169. The number of carbonyl (C=O) groups is 1. The lowest BCUT2D eigenvalue weighted by atomic mass is 10.0. The molecule has 0 fully saturated rings. The second-order valence-electron chi connectivity index (χ2n) is 6.91. The maximum Gasteiger partial charge on any atom is 0.230 e. The van der Waals surface area contributed by atoms with Crippen LogP contribution in [-0.4, -0.2) is 30.9 Å². The first-order valence-corrected chi connectivity index (χ1v) is 9.21. The number of aryl methyl sites for hydroxylation is 1. The van der Waals surface area contributed by atoms with E-state index < -0.39 is 0 Å². The van der Waals surface area contributed by atoms with Gasteiger partial charge in [0.1, 0.15) is 0 Å². The number of carbonyl (C=O) groups excluding carboxylic acids is 1. The number of amides is 1. The summed E-state index contributed by atoms with van der Waals surface area (Å²) in [5.74, 6) is 0.548. The first kappa shape index (κ1) is 18.3. The minimum Gasteiger partial charge on any atom is -0.376 e. The number of hydrogen-bond acceptors (Lipinski definition) is 5. The third kappa shape index (κ3) is 3.51. The fourth-order valence-corrected chi connectivity index (χ4v) is 3.47. The molecule has 7 heteroatoms. The van der Waals surface area contributed by atoms with Gasteiger partial charge in [-0.3, -0.25) is 9.79 Å². The standard InChI is InChI=1S/C21H19ClN4O2/c1-12-7-20(28-25-12)14-6-4-5-13(8-14)16-11-21(27)24-17-9-15(22)19(26(2)3)10-18(17)23-16/h4-10H,11H2,1-3H3,(H,24,27). The Balaban J connectivity index is 1.80. The highest BCUT2D eigenvalue weighted by atomic mass is 35.5. The number of halogens is 1. The Bertz CT molecular complexity index is 1100. The number of anilines is 2. The van der Waals surface area contributed by atoms with Crippen molar-refractivity contribution in [3.05, 3.63) is 58.7 Å². The molecular weight excluding hydrogens is 376 g/mol. The predicted molar refractivity (Wildman–Crippen MR) is 112 cm³/mol. The van der Waals surface area contributed by atoms with Crippen LogP contribution in [-0.2, 0) is 4.79 Å². The van der Waals surface area contributed by atoms with Crippen molar-refractivity contribution in [2.75, 3.05) is 24.3 Å². The number of benzene rings is 2. The number of nitrogens with zero attached hydrogens (tertiary/aromatic N) is 3. The van der Waals surface area contributed by atoms with Gasteiger partial charge in [-0.15, -0.1) is 0 Å². The number of nitrogens with one attached hydrogen (secondary N) is 1. The Morgan fingerprint density at radius 1 is 1.14 bits per heavy atom. The molecule has 0 bridgehead atoms. The van der Waals surface area contributed by atoms with Crippen molar-refractivity contribution in [2.24, 2.45) is 4.99 Å². The van der Waals surface area contributed by atoms with E-state index in [0.29, 0.717) is 27.9 Å². The fourth-order valence-electron chi connectivity index (χ4n) is 3.14. The third-order valence-corrected chi connectivity index (χ3v) is 4.82. The van der Waals surface area contributed by atoms with E-state index in [1.165, 1.54) is 0 Å². The SMILES string of the molecule is Cc1cc(-c2cccc(C3=Nc4cc(N(C)C)c(Cl)cc4NC(=O)C3)c2)on1. The second kappa shape index (κ2) is 7.13. The van der Waals surface area contributed by atoms with Crippen molar-refractivity contribution < 1.29 is 9.32 Å². The summed E-state index contributed by atoms with van der Waals surface area (Å²) in [6.45, 7) is 1.88. The number of rotatable bonds is 3. The molecule has 0 atom stereocenters. The van der Waals surface area contributed by atoms with Crippen molar-refractivity contribution >= 4 is 40.3 Å². The fraction of sp³-hybridized carbons (Fsp3) is 0.190. The Hall–Kier alpha value is -3.12. The third-order valence-electron chi connectivity index (χ3n) is 4.51. The van der Waals surface area contributed by atoms with E-state index in [1.54, 1.807) is 6.07 Å². The van der Waals surface area contributed by atoms with Crippen LogP contribution < -0.4 is 10.2 Å². The Kier molecular flexibility index (Phi) is 4.65. The van der Waals surface area contributed by atoms with Gasteiger partial charge in [0.05, 0.1) is 39.9 Å². The molecule has 1 aliphatic heterocycles. The van der Waals surface area contributed by atoms with E-state index in [1.807, 2.05) is 62.3 Å². The zero-order valence-corrected chi connectivity index (χ0v) is 16.5. The van der Waals surface area contributed by atoms with Crippen LogP contribution in [0.5, 0.6) is 0 Å². The molecule has 1 aliphatic rings. The summed E-state index contributed by atoms with van der Waals surface area (Å²) in [5.41, 5.74) is 5.36. The van der Waals surface area contributed by atoms with Crippen LogP contribution in [0.15, 0.2) is 52.0 Å². The lowest BCUT2D eigenvalue weighted by molar-refractivity contribution is -0.115. The van der Waals surface area contributed by atoms with Crippen LogP contribution in [0.4, 0.5) is 17.1 Å². The van der Waals surface area contributed by atoms with Gasteiger partial charge in [0.25, 0.3) is 0 Å². The van der Waals surface area contributed by atoms with Gasteiger partial charge in [0, 0.05) is 25.7 Å². The molecule has 0 saturated carbocycles. The van der Waals surface area contributed by atoms with E-state index in [2.05, 4.69) is 10.5 Å². The molecule has 28 heavy (non-hydrogen) atoms. The van der Waals surface area contributed by atoms with Gasteiger partial charge in [0.15, 0.2) is 5.76 Å². The molecule has 0 aliphatic carbocycles. The normalized spacial score (nSPS) is 13.4. The van der Waals surface area contributed by atoms with Gasteiger partial charge < -0.3 is 14.7 Å². The molecule has 0 spiro atoms. The maximum absolute atomic E-state index is 12.4. The zero-order chi connectivity index (χ0) is 19.8. The van der Waals surface area contributed by atoms with Crippen molar-refractivity contribution in [3.8, 4) is 11.3 Å². The summed E-state index contributed by atoms with van der Waals surface area (Å²) < 4.78 is 5.36. The van der Waals surface area contributed by atoms with Crippen LogP contribution in [0, 0.1) is 6.92 Å². The zero-order valence-electron chi connectivity index (χ0n) is 15.8. The summed E-state index contributed by atoms with van der Waals surface area (Å²) in [7, 11) is 3.83.